The first kappa shape index (κ1) is 24.7. The molecule has 6 N–H and O–H groups in total. The van der Waals surface area contributed by atoms with Crippen LogP contribution >= 0.6 is 18.8 Å². The van der Waals surface area contributed by atoms with Gasteiger partial charge in [-0.05, 0) is 47.6 Å². The van der Waals surface area contributed by atoms with Gasteiger partial charge >= 0.3 is 35.3 Å². The number of allylic oxidation sites excluding steroid dienone is 14. The fourth-order valence-electron chi connectivity index (χ4n) is 1.53. The van der Waals surface area contributed by atoms with Crippen LogP contribution in [0.15, 0.2) is 95.9 Å². The molecular weight excluding hydrogens is 574 g/mol. The van der Waals surface area contributed by atoms with Crippen molar-refractivity contribution in [2.75, 3.05) is 0 Å². The van der Waals surface area contributed by atoms with E-state index in [9.17, 15) is 10.2 Å². The normalized spacial score (nSPS) is 15.8. The zero-order valence-corrected chi connectivity index (χ0v) is 17.6. The van der Waals surface area contributed by atoms with E-state index in [-0.39, 0.29) is 0 Å². The number of halogens is 2. The molecule has 2 rings (SSSR count). The van der Waals surface area contributed by atoms with Crippen LogP contribution in [0.4, 0.5) is 0 Å². The fourth-order valence-corrected chi connectivity index (χ4v) is 1.53. The van der Waals surface area contributed by atoms with Gasteiger partial charge in [-0.3, -0.25) is 10.2 Å². The van der Waals surface area contributed by atoms with E-state index in [0.717, 1.165) is 11.1 Å². The monoisotopic (exact) mass is 591 g/mol. The summed E-state index contributed by atoms with van der Waals surface area (Å²) in [4.78, 5) is 0. The van der Waals surface area contributed by atoms with E-state index in [4.69, 9.17) is 39.9 Å². The van der Waals surface area contributed by atoms with Crippen molar-refractivity contribution in [3.8, 4) is 0 Å². The number of hydrogen-bond donors (Lipinski definition) is 2. The minimum absolute atomic E-state index is 0.435. The Hall–Kier alpha value is -2.27. The second kappa shape index (κ2) is 14.9. The second-order valence-corrected chi connectivity index (χ2v) is 7.97. The molecule has 0 unspecified atom stereocenters. The molecule has 0 aliphatic heterocycles. The predicted octanol–water partition coefficient (Wildman–Crippen LogP) is 1.35. The molecule has 0 saturated heterocycles. The van der Waals surface area contributed by atoms with Gasteiger partial charge in [0.15, 0.2) is 0 Å². The van der Waals surface area contributed by atoms with Gasteiger partial charge in [-0.2, -0.15) is 0 Å². The Kier molecular flexibility index (Phi) is 13.6. The number of hydrogen-bond acceptors (Lipinski definition) is 4. The molecule has 9 heteroatoms. The standard InChI is InChI=1S/2C9H9NO2.2ClH.Pt/c2*10-8-4-1-7(2-5-8)3-6-9(11)12;;;/h2*1-6,10-12H;2*1H;/q;;;;+4/p-2. The third kappa shape index (κ3) is 14.6. The zero-order valence-electron chi connectivity index (χ0n) is 13.8. The summed E-state index contributed by atoms with van der Waals surface area (Å²) < 4.78 is 0. The van der Waals surface area contributed by atoms with Crippen molar-refractivity contribution in [1.29, 1.82) is 10.8 Å². The third-order valence-electron chi connectivity index (χ3n) is 2.68. The summed E-state index contributed by atoms with van der Waals surface area (Å²) >= 11 is -0.472. The van der Waals surface area contributed by atoms with Gasteiger partial charge in [0.1, 0.15) is 0 Å². The molecule has 0 spiro atoms. The molecule has 0 aromatic rings. The molecule has 0 saturated carbocycles. The maximum atomic E-state index is 10.2. The second-order valence-electron chi connectivity index (χ2n) is 4.68. The maximum absolute atomic E-state index is 10.2. The first-order valence-electron chi connectivity index (χ1n) is 7.11. The van der Waals surface area contributed by atoms with Crippen molar-refractivity contribution < 1.29 is 36.9 Å². The van der Waals surface area contributed by atoms with Gasteiger partial charge < -0.3 is 21.0 Å². The van der Waals surface area contributed by atoms with E-state index in [1.54, 1.807) is 60.8 Å². The summed E-state index contributed by atoms with van der Waals surface area (Å²) in [6.45, 7) is 0. The minimum atomic E-state index is -0.718. The van der Waals surface area contributed by atoms with Gasteiger partial charge in [-0.1, -0.05) is 24.3 Å². The molecule has 27 heavy (non-hydrogen) atoms. The number of nitrogens with one attached hydrogen (secondary N) is 2. The van der Waals surface area contributed by atoms with Crippen molar-refractivity contribution in [1.82, 2.24) is 0 Å². The topological polar surface area (TPSA) is 140 Å². The van der Waals surface area contributed by atoms with E-state index >= 15 is 0 Å². The van der Waals surface area contributed by atoms with E-state index in [0.29, 0.717) is 11.4 Å². The predicted molar refractivity (Wildman–Crippen MR) is 103 cm³/mol. The van der Waals surface area contributed by atoms with Gasteiger partial charge in [0.25, 0.3) is 11.9 Å². The Morgan fingerprint density at radius 3 is 1.22 bits per heavy atom. The first-order valence-corrected chi connectivity index (χ1v) is 12.7. The Morgan fingerprint density at radius 1 is 0.741 bits per heavy atom. The van der Waals surface area contributed by atoms with E-state index < -0.39 is 28.4 Å². The molecule has 0 bridgehead atoms. The SMILES string of the molecule is N=C1C=CC(=C/C=C(\[O-])[OH2+])C=C1.N=C1C=CC(=C/C=C(\[O-])[OH2+])C=C1.[Cl][Pt+2][Cl]. The van der Waals surface area contributed by atoms with Crippen LogP contribution in [-0.4, -0.2) is 21.6 Å². The molecular formula is C18H18Cl2N2O4Pt+2. The molecule has 2 aliphatic rings. The quantitative estimate of drug-likeness (QED) is 0.370. The Balaban J connectivity index is 0.000000438. The Bertz CT molecular complexity index is 668. The van der Waals surface area contributed by atoms with Gasteiger partial charge in [-0.15, -0.1) is 0 Å². The van der Waals surface area contributed by atoms with Crippen LogP contribution in [0.2, 0.25) is 0 Å². The van der Waals surface area contributed by atoms with Gasteiger partial charge in [-0.25, -0.2) is 0 Å². The molecule has 0 aromatic carbocycles. The van der Waals surface area contributed by atoms with Crippen molar-refractivity contribution in [2.45, 2.75) is 0 Å². The first-order chi connectivity index (χ1) is 12.8. The van der Waals surface area contributed by atoms with Crippen LogP contribution in [0, 0.1) is 10.8 Å². The summed E-state index contributed by atoms with van der Waals surface area (Å²) in [5.74, 6) is -1.44. The summed E-state index contributed by atoms with van der Waals surface area (Å²) in [7, 11) is 9.75. The van der Waals surface area contributed by atoms with Crippen LogP contribution in [0.3, 0.4) is 0 Å². The molecule has 0 radical (unpaired) electrons. The van der Waals surface area contributed by atoms with Crippen molar-refractivity contribution >= 4 is 30.3 Å². The van der Waals surface area contributed by atoms with Gasteiger partial charge in [0, 0.05) is 12.2 Å². The van der Waals surface area contributed by atoms with E-state index in [1.165, 1.54) is 12.2 Å². The summed E-state index contributed by atoms with van der Waals surface area (Å²) in [5.41, 5.74) is 2.52. The summed E-state index contributed by atoms with van der Waals surface area (Å²) in [6, 6.07) is 0. The molecule has 0 fully saturated rings. The Morgan fingerprint density at radius 2 is 1.00 bits per heavy atom. The van der Waals surface area contributed by atoms with E-state index in [1.807, 2.05) is 0 Å². The number of rotatable bonds is 2. The molecule has 0 aromatic heterocycles. The molecule has 0 amide bonds. The molecule has 146 valence electrons. The van der Waals surface area contributed by atoms with Crippen molar-refractivity contribution in [3.63, 3.8) is 0 Å². The average Bonchev–Trinajstić information content (AvgIpc) is 2.62. The third-order valence-corrected chi connectivity index (χ3v) is 2.68. The Labute approximate surface area is 173 Å². The average molecular weight is 592 g/mol. The summed E-state index contributed by atoms with van der Waals surface area (Å²) in [6.07, 6.45) is 18.9. The van der Waals surface area contributed by atoms with Gasteiger partial charge in [0.2, 0.25) is 0 Å². The van der Waals surface area contributed by atoms with Gasteiger partial charge in [0.05, 0.1) is 11.4 Å². The molecule has 2 aliphatic carbocycles. The van der Waals surface area contributed by atoms with Crippen LogP contribution in [0.5, 0.6) is 0 Å². The molecule has 0 heterocycles. The van der Waals surface area contributed by atoms with Crippen LogP contribution in [-0.2, 0) is 16.5 Å². The zero-order chi connectivity index (χ0) is 20.7. The van der Waals surface area contributed by atoms with Crippen molar-refractivity contribution in [2.24, 2.45) is 0 Å². The fraction of sp³-hybridized carbons (Fsp3) is 0. The van der Waals surface area contributed by atoms with Crippen LogP contribution in [0.25, 0.3) is 0 Å². The van der Waals surface area contributed by atoms with Crippen LogP contribution < -0.4 is 10.2 Å². The van der Waals surface area contributed by atoms with Crippen molar-refractivity contribution in [3.05, 3.63) is 95.9 Å². The molecule has 6 nitrogen and oxygen atoms in total. The van der Waals surface area contributed by atoms with E-state index in [2.05, 4.69) is 0 Å². The summed E-state index contributed by atoms with van der Waals surface area (Å²) in [5, 5.41) is 48.0. The van der Waals surface area contributed by atoms with Crippen LogP contribution in [0.1, 0.15) is 0 Å². The molecule has 0 atom stereocenters.